The summed E-state index contributed by atoms with van der Waals surface area (Å²) in [4.78, 5) is 25.8. The van der Waals surface area contributed by atoms with Crippen LogP contribution in [0.15, 0.2) is 24.3 Å². The Morgan fingerprint density at radius 1 is 0.340 bits per heavy atom. The lowest BCUT2D eigenvalue weighted by Gasteiger charge is -2.13. The van der Waals surface area contributed by atoms with Crippen molar-refractivity contribution in [2.75, 3.05) is 185 Å². The highest BCUT2D eigenvalue weighted by atomic mass is 16.6. The summed E-state index contributed by atoms with van der Waals surface area (Å²) in [5.74, 6) is -0.560. The van der Waals surface area contributed by atoms with Gasteiger partial charge in [0.2, 0.25) is 0 Å². The van der Waals surface area contributed by atoms with Crippen molar-refractivity contribution in [3.63, 3.8) is 0 Å². The lowest BCUT2D eigenvalue weighted by Crippen LogP contribution is -2.33. The van der Waals surface area contributed by atoms with Gasteiger partial charge in [-0.15, -0.1) is 0 Å². The minimum Gasteiger partial charge on any atom is -0.378 e. The molecule has 17 nitrogen and oxygen atoms in total. The maximum Gasteiger partial charge on any atom is 0.261 e. The van der Waals surface area contributed by atoms with Crippen molar-refractivity contribution in [2.24, 2.45) is 5.73 Å². The van der Waals surface area contributed by atoms with E-state index >= 15 is 0 Å². The van der Waals surface area contributed by atoms with Gasteiger partial charge in [0, 0.05) is 6.54 Å². The Morgan fingerprint density at radius 2 is 0.547 bits per heavy atom. The van der Waals surface area contributed by atoms with Crippen molar-refractivity contribution in [3.8, 4) is 0 Å². The Morgan fingerprint density at radius 3 is 0.774 bits per heavy atom. The first kappa shape index (κ1) is 47.0. The van der Waals surface area contributed by atoms with Crippen LogP contribution in [0.4, 0.5) is 0 Å². The molecule has 1 aromatic rings. The lowest BCUT2D eigenvalue weighted by atomic mass is 10.1. The van der Waals surface area contributed by atoms with Gasteiger partial charge in [-0.1, -0.05) is 12.1 Å². The second-order valence-electron chi connectivity index (χ2n) is 11.1. The van der Waals surface area contributed by atoms with Crippen molar-refractivity contribution in [2.45, 2.75) is 0 Å². The Balaban J connectivity index is 1.15. The van der Waals surface area contributed by atoms with Gasteiger partial charge < -0.3 is 67.3 Å². The molecule has 1 aromatic carbocycles. The van der Waals surface area contributed by atoms with Crippen molar-refractivity contribution in [1.29, 1.82) is 0 Å². The molecule has 1 aliphatic heterocycles. The molecule has 2 N–H and O–H groups in total. The lowest BCUT2D eigenvalue weighted by molar-refractivity contribution is -0.0290. The fraction of sp³-hybridized carbons (Fsp3) is 0.778. The first-order valence-electron chi connectivity index (χ1n) is 18.4. The number of nitrogens with zero attached hydrogens (tertiary/aromatic N) is 1. The van der Waals surface area contributed by atoms with E-state index in [0.29, 0.717) is 183 Å². The first-order chi connectivity index (χ1) is 26.3. The zero-order valence-corrected chi connectivity index (χ0v) is 31.3. The van der Waals surface area contributed by atoms with Gasteiger partial charge in [0.05, 0.1) is 189 Å². The Bertz CT molecular complexity index is 974. The number of hydrogen-bond donors (Lipinski definition) is 1. The number of imide groups is 1. The van der Waals surface area contributed by atoms with Crippen LogP contribution in [-0.2, 0) is 61.6 Å². The minimum absolute atomic E-state index is 0.211. The molecule has 53 heavy (non-hydrogen) atoms. The Labute approximate surface area is 313 Å². The zero-order valence-electron chi connectivity index (χ0n) is 31.3. The number of carbonyl (C=O) groups excluding carboxylic acids is 2. The second-order valence-corrected chi connectivity index (χ2v) is 11.1. The van der Waals surface area contributed by atoms with E-state index in [0.717, 1.165) is 0 Å². The van der Waals surface area contributed by atoms with E-state index in [1.165, 1.54) is 4.90 Å². The SMILES string of the molecule is NCCOCCOCCOCCOCCOCCOCCOCCOCCOCCOCCOCCOCCOCCN1C(=O)c2ccccc2C1=O. The molecule has 1 heterocycles. The van der Waals surface area contributed by atoms with Crippen molar-refractivity contribution in [1.82, 2.24) is 4.90 Å². The van der Waals surface area contributed by atoms with Crippen LogP contribution >= 0.6 is 0 Å². The average molecular weight is 763 g/mol. The summed E-state index contributed by atoms with van der Waals surface area (Å²) in [6.45, 7) is 13.1. The molecule has 306 valence electrons. The van der Waals surface area contributed by atoms with Crippen LogP contribution in [0, 0.1) is 0 Å². The molecule has 0 spiro atoms. The van der Waals surface area contributed by atoms with Crippen LogP contribution in [0.2, 0.25) is 0 Å². The summed E-state index contributed by atoms with van der Waals surface area (Å²) in [6.07, 6.45) is 0. The Kier molecular flexibility index (Phi) is 31.4. The molecule has 0 aliphatic carbocycles. The smallest absolute Gasteiger partial charge is 0.261 e. The van der Waals surface area contributed by atoms with Crippen molar-refractivity contribution in [3.05, 3.63) is 35.4 Å². The fourth-order valence-electron chi connectivity index (χ4n) is 4.42. The number of fused-ring (bicyclic) bond motifs is 1. The number of rotatable bonds is 41. The van der Waals surface area contributed by atoms with Gasteiger partial charge in [-0.05, 0) is 12.1 Å². The molecular formula is C36H62N2O15. The van der Waals surface area contributed by atoms with E-state index in [9.17, 15) is 9.59 Å². The van der Waals surface area contributed by atoms with Crippen LogP contribution in [0.1, 0.15) is 20.7 Å². The van der Waals surface area contributed by atoms with Crippen LogP contribution in [0.3, 0.4) is 0 Å². The molecule has 0 unspecified atom stereocenters. The molecule has 0 bridgehead atoms. The van der Waals surface area contributed by atoms with Gasteiger partial charge in [-0.3, -0.25) is 14.5 Å². The van der Waals surface area contributed by atoms with E-state index in [-0.39, 0.29) is 25.0 Å². The minimum atomic E-state index is -0.280. The van der Waals surface area contributed by atoms with Crippen LogP contribution < -0.4 is 5.73 Å². The summed E-state index contributed by atoms with van der Waals surface area (Å²) in [5, 5.41) is 0. The predicted molar refractivity (Wildman–Crippen MR) is 192 cm³/mol. The standard InChI is InChI=1S/C36H62N2O15/c37-5-7-41-9-11-43-13-15-45-17-19-47-21-23-49-25-27-51-29-31-53-32-30-52-28-26-50-24-22-48-20-18-46-16-14-44-12-10-42-8-6-38-35(39)33-3-1-2-4-34(33)36(38)40/h1-4H,5-32,37H2. The third-order valence-corrected chi connectivity index (χ3v) is 7.06. The Hall–Kier alpha value is -2.20. The van der Waals surface area contributed by atoms with E-state index in [1.807, 2.05) is 0 Å². The molecule has 0 aromatic heterocycles. The van der Waals surface area contributed by atoms with E-state index in [1.54, 1.807) is 24.3 Å². The predicted octanol–water partition coefficient (Wildman–Crippen LogP) is 0.457. The number of carbonyl (C=O) groups is 2. The van der Waals surface area contributed by atoms with Crippen molar-refractivity contribution < 1.29 is 71.2 Å². The quantitative estimate of drug-likeness (QED) is 0.0717. The van der Waals surface area contributed by atoms with Crippen LogP contribution in [0.5, 0.6) is 0 Å². The molecule has 0 fully saturated rings. The molecule has 0 saturated heterocycles. The maximum absolute atomic E-state index is 12.3. The van der Waals surface area contributed by atoms with Gasteiger partial charge >= 0.3 is 0 Å². The highest BCUT2D eigenvalue weighted by Crippen LogP contribution is 2.21. The summed E-state index contributed by atoms with van der Waals surface area (Å²) in [7, 11) is 0. The third-order valence-electron chi connectivity index (χ3n) is 7.06. The van der Waals surface area contributed by atoms with E-state index in [2.05, 4.69) is 0 Å². The summed E-state index contributed by atoms with van der Waals surface area (Å²) < 4.78 is 70.8. The molecule has 2 rings (SSSR count). The molecule has 1 aliphatic rings. The van der Waals surface area contributed by atoms with Gasteiger partial charge in [-0.2, -0.15) is 0 Å². The second kappa shape index (κ2) is 35.5. The zero-order chi connectivity index (χ0) is 37.7. The molecule has 0 atom stereocenters. The number of amides is 2. The van der Waals surface area contributed by atoms with Crippen molar-refractivity contribution >= 4 is 11.8 Å². The van der Waals surface area contributed by atoms with Gasteiger partial charge in [-0.25, -0.2) is 0 Å². The number of benzene rings is 1. The third kappa shape index (κ3) is 25.5. The highest BCUT2D eigenvalue weighted by molar-refractivity contribution is 6.21. The van der Waals surface area contributed by atoms with Gasteiger partial charge in [0.25, 0.3) is 11.8 Å². The largest absolute Gasteiger partial charge is 0.378 e. The molecule has 17 heteroatoms. The van der Waals surface area contributed by atoms with Gasteiger partial charge in [0.1, 0.15) is 0 Å². The van der Waals surface area contributed by atoms with Crippen LogP contribution in [-0.4, -0.2) is 202 Å². The fourth-order valence-corrected chi connectivity index (χ4v) is 4.42. The summed E-state index contributed by atoms with van der Waals surface area (Å²) >= 11 is 0. The molecular weight excluding hydrogens is 700 g/mol. The van der Waals surface area contributed by atoms with E-state index < -0.39 is 0 Å². The highest BCUT2D eigenvalue weighted by Gasteiger charge is 2.34. The maximum atomic E-state index is 12.3. The van der Waals surface area contributed by atoms with E-state index in [4.69, 9.17) is 67.3 Å². The molecule has 0 saturated carbocycles. The molecule has 0 radical (unpaired) electrons. The number of ether oxygens (including phenoxy) is 13. The summed E-state index contributed by atoms with van der Waals surface area (Å²) in [5.41, 5.74) is 6.21. The van der Waals surface area contributed by atoms with Gasteiger partial charge in [0.15, 0.2) is 0 Å². The number of nitrogens with two attached hydrogens (primary N) is 1. The normalized spacial score (nSPS) is 12.7. The van der Waals surface area contributed by atoms with Crippen LogP contribution in [0.25, 0.3) is 0 Å². The molecule has 2 amide bonds. The first-order valence-corrected chi connectivity index (χ1v) is 18.4. The monoisotopic (exact) mass is 762 g/mol. The number of hydrogen-bond acceptors (Lipinski definition) is 16. The summed E-state index contributed by atoms with van der Waals surface area (Å²) in [6, 6.07) is 6.81. The topological polar surface area (TPSA) is 183 Å². The average Bonchev–Trinajstić information content (AvgIpc) is 3.42.